The molecule has 108 valence electrons. The number of nitrogens with zero attached hydrogens (tertiary/aromatic N) is 1. The van der Waals surface area contributed by atoms with Gasteiger partial charge in [-0.25, -0.2) is 4.79 Å². The van der Waals surface area contributed by atoms with Crippen molar-refractivity contribution in [3.05, 3.63) is 34.9 Å². The number of carbonyl (C=O) groups excluding carboxylic acids is 2. The molecule has 0 saturated carbocycles. The van der Waals surface area contributed by atoms with Crippen LogP contribution in [0.4, 0.5) is 4.79 Å². The summed E-state index contributed by atoms with van der Waals surface area (Å²) < 4.78 is 0. The van der Waals surface area contributed by atoms with Crippen LogP contribution in [-0.2, 0) is 10.3 Å². The number of benzene rings is 1. The minimum absolute atomic E-state index is 0.202. The average molecular weight is 311 g/mol. The van der Waals surface area contributed by atoms with Crippen LogP contribution >= 0.6 is 11.6 Å². The molecule has 1 aromatic rings. The lowest BCUT2D eigenvalue weighted by atomic mass is 9.92. The van der Waals surface area contributed by atoms with Gasteiger partial charge in [0.15, 0.2) is 0 Å². The molecule has 1 N–H and O–H groups in total. The van der Waals surface area contributed by atoms with E-state index in [-0.39, 0.29) is 11.9 Å². The van der Waals surface area contributed by atoms with Crippen LogP contribution in [0.15, 0.2) is 24.3 Å². The molecule has 0 aliphatic carbocycles. The predicted octanol–water partition coefficient (Wildman–Crippen LogP) is 2.98. The number of rotatable bonds is 3. The summed E-state index contributed by atoms with van der Waals surface area (Å²) in [6, 6.07) is 6.73. The fraction of sp³-hybridized carbons (Fsp3) is 0.429. The zero-order valence-corrected chi connectivity index (χ0v) is 13.9. The van der Waals surface area contributed by atoms with Gasteiger partial charge < -0.3 is 5.32 Å². The fourth-order valence-electron chi connectivity index (χ4n) is 2.31. The van der Waals surface area contributed by atoms with E-state index >= 15 is 0 Å². The second-order valence-electron chi connectivity index (χ2n) is 6.52. The highest BCUT2D eigenvalue weighted by Crippen LogP contribution is 2.30. The first kappa shape index (κ1) is 15.1. The molecule has 1 aliphatic heterocycles. The summed E-state index contributed by atoms with van der Waals surface area (Å²) >= 11 is 5.98. The zero-order valence-electron chi connectivity index (χ0n) is 12.2. The number of imide groups is 1. The standard InChI is InChI=1S/C14H19ClN2O2Si/c1-14(10-6-5-7-11(15)8-10)12(18)17(13(19)16-14)9-20(2,3)4/h5-8H,9H2,1-4H3,(H,16,19). The van der Waals surface area contributed by atoms with E-state index in [0.717, 1.165) is 0 Å². The van der Waals surface area contributed by atoms with E-state index in [1.54, 1.807) is 25.1 Å². The number of carbonyl (C=O) groups is 2. The van der Waals surface area contributed by atoms with Gasteiger partial charge in [0.1, 0.15) is 5.54 Å². The van der Waals surface area contributed by atoms with Gasteiger partial charge in [-0.15, -0.1) is 0 Å². The molecule has 4 nitrogen and oxygen atoms in total. The lowest BCUT2D eigenvalue weighted by molar-refractivity contribution is -0.130. The Hall–Kier alpha value is -1.33. The van der Waals surface area contributed by atoms with Crippen molar-refractivity contribution in [1.29, 1.82) is 0 Å². The molecular formula is C14H19ClN2O2Si. The van der Waals surface area contributed by atoms with Crippen molar-refractivity contribution in [3.8, 4) is 0 Å². The van der Waals surface area contributed by atoms with Crippen LogP contribution in [0.1, 0.15) is 12.5 Å². The molecule has 0 aromatic heterocycles. The molecule has 1 aliphatic rings. The van der Waals surface area contributed by atoms with Crippen molar-refractivity contribution in [1.82, 2.24) is 10.2 Å². The summed E-state index contributed by atoms with van der Waals surface area (Å²) in [5.74, 6) is -0.202. The molecule has 1 fully saturated rings. The molecule has 1 unspecified atom stereocenters. The lowest BCUT2D eigenvalue weighted by Gasteiger charge is -2.25. The summed E-state index contributed by atoms with van der Waals surface area (Å²) in [6.45, 7) is 8.11. The van der Waals surface area contributed by atoms with E-state index < -0.39 is 13.6 Å². The van der Waals surface area contributed by atoms with E-state index in [1.807, 2.05) is 6.07 Å². The minimum Gasteiger partial charge on any atom is -0.319 e. The van der Waals surface area contributed by atoms with Crippen molar-refractivity contribution in [2.45, 2.75) is 32.1 Å². The first-order chi connectivity index (χ1) is 9.13. The number of halogens is 1. The van der Waals surface area contributed by atoms with Crippen LogP contribution in [0.25, 0.3) is 0 Å². The molecule has 1 atom stereocenters. The van der Waals surface area contributed by atoms with E-state index in [1.165, 1.54) is 4.90 Å². The Morgan fingerprint density at radius 3 is 2.50 bits per heavy atom. The first-order valence-corrected chi connectivity index (χ1v) is 10.6. The van der Waals surface area contributed by atoms with Gasteiger partial charge in [-0.3, -0.25) is 9.69 Å². The Balaban J connectivity index is 2.35. The highest BCUT2D eigenvalue weighted by Gasteiger charge is 2.49. The monoisotopic (exact) mass is 310 g/mol. The highest BCUT2D eigenvalue weighted by molar-refractivity contribution is 6.76. The molecule has 1 heterocycles. The number of amides is 3. The topological polar surface area (TPSA) is 49.4 Å². The maximum Gasteiger partial charge on any atom is 0.325 e. The van der Waals surface area contributed by atoms with Gasteiger partial charge in [0.2, 0.25) is 0 Å². The van der Waals surface area contributed by atoms with Gasteiger partial charge in [0, 0.05) is 11.2 Å². The van der Waals surface area contributed by atoms with E-state index in [9.17, 15) is 9.59 Å². The molecular weight excluding hydrogens is 292 g/mol. The third-order valence-corrected chi connectivity index (χ3v) is 4.81. The van der Waals surface area contributed by atoms with Gasteiger partial charge in [-0.05, 0) is 24.6 Å². The van der Waals surface area contributed by atoms with E-state index in [2.05, 4.69) is 25.0 Å². The maximum absolute atomic E-state index is 12.6. The van der Waals surface area contributed by atoms with Crippen molar-refractivity contribution >= 4 is 31.6 Å². The number of hydrogen-bond acceptors (Lipinski definition) is 2. The van der Waals surface area contributed by atoms with Crippen molar-refractivity contribution in [3.63, 3.8) is 0 Å². The smallest absolute Gasteiger partial charge is 0.319 e. The lowest BCUT2D eigenvalue weighted by Crippen LogP contribution is -2.45. The molecule has 6 heteroatoms. The molecule has 1 saturated heterocycles. The molecule has 0 spiro atoms. The van der Waals surface area contributed by atoms with Crippen LogP contribution < -0.4 is 5.32 Å². The molecule has 0 radical (unpaired) electrons. The van der Waals surface area contributed by atoms with Crippen LogP contribution in [0.5, 0.6) is 0 Å². The zero-order chi connectivity index (χ0) is 15.1. The van der Waals surface area contributed by atoms with Gasteiger partial charge in [0.25, 0.3) is 5.91 Å². The Bertz CT molecular complexity index is 571. The SMILES string of the molecule is CC1(c2cccc(Cl)c2)NC(=O)N(C[Si](C)(C)C)C1=O. The molecule has 0 bridgehead atoms. The Morgan fingerprint density at radius 2 is 1.95 bits per heavy atom. The van der Waals surface area contributed by atoms with Crippen LogP contribution in [0.3, 0.4) is 0 Å². The first-order valence-electron chi connectivity index (χ1n) is 6.54. The van der Waals surface area contributed by atoms with Crippen LogP contribution in [-0.4, -0.2) is 31.1 Å². The number of nitrogens with one attached hydrogen (secondary N) is 1. The number of urea groups is 1. The summed E-state index contributed by atoms with van der Waals surface area (Å²) in [4.78, 5) is 26.1. The molecule has 2 rings (SSSR count). The third-order valence-electron chi connectivity index (χ3n) is 3.31. The third kappa shape index (κ3) is 2.74. The predicted molar refractivity (Wildman–Crippen MR) is 82.4 cm³/mol. The summed E-state index contributed by atoms with van der Waals surface area (Å²) in [6.07, 6.45) is 0.522. The quantitative estimate of drug-likeness (QED) is 0.689. The molecule has 20 heavy (non-hydrogen) atoms. The summed E-state index contributed by atoms with van der Waals surface area (Å²) in [7, 11) is -1.56. The Labute approximate surface area is 125 Å². The Kier molecular flexibility index (Phi) is 3.69. The van der Waals surface area contributed by atoms with Gasteiger partial charge in [0.05, 0.1) is 8.07 Å². The normalized spacial score (nSPS) is 23.1. The van der Waals surface area contributed by atoms with Gasteiger partial charge >= 0.3 is 6.03 Å². The molecule has 1 aromatic carbocycles. The van der Waals surface area contributed by atoms with E-state index in [0.29, 0.717) is 16.8 Å². The summed E-state index contributed by atoms with van der Waals surface area (Å²) in [5, 5.41) is 3.35. The average Bonchev–Trinajstić information content (AvgIpc) is 2.53. The Morgan fingerprint density at radius 1 is 1.30 bits per heavy atom. The van der Waals surface area contributed by atoms with Crippen molar-refractivity contribution in [2.24, 2.45) is 0 Å². The second-order valence-corrected chi connectivity index (χ2v) is 12.4. The fourth-order valence-corrected chi connectivity index (χ4v) is 3.74. The van der Waals surface area contributed by atoms with Gasteiger partial charge in [-0.2, -0.15) is 0 Å². The molecule has 3 amide bonds. The van der Waals surface area contributed by atoms with Crippen LogP contribution in [0, 0.1) is 0 Å². The van der Waals surface area contributed by atoms with Crippen LogP contribution in [0.2, 0.25) is 24.7 Å². The maximum atomic E-state index is 12.6. The van der Waals surface area contributed by atoms with Crippen molar-refractivity contribution < 1.29 is 9.59 Å². The van der Waals surface area contributed by atoms with E-state index in [4.69, 9.17) is 11.6 Å². The largest absolute Gasteiger partial charge is 0.325 e. The summed E-state index contributed by atoms with van der Waals surface area (Å²) in [5.41, 5.74) is -0.317. The minimum atomic E-state index is -1.56. The number of hydrogen-bond donors (Lipinski definition) is 1. The van der Waals surface area contributed by atoms with Crippen molar-refractivity contribution in [2.75, 3.05) is 6.17 Å². The second kappa shape index (κ2) is 4.89. The van der Waals surface area contributed by atoms with Gasteiger partial charge in [-0.1, -0.05) is 43.4 Å². The highest BCUT2D eigenvalue weighted by atomic mass is 35.5.